The van der Waals surface area contributed by atoms with Crippen molar-refractivity contribution in [1.29, 1.82) is 0 Å². The zero-order chi connectivity index (χ0) is 17.6. The molecule has 0 amide bonds. The molecule has 0 radical (unpaired) electrons. The second kappa shape index (κ2) is 7.97. The van der Waals surface area contributed by atoms with Crippen LogP contribution in [0.25, 0.3) is 25.3 Å². The first-order chi connectivity index (χ1) is 10.7. The number of benzene rings is 1. The Morgan fingerprint density at radius 2 is 1.43 bits per heavy atom. The molecule has 0 atom stereocenters. The first-order valence-corrected chi connectivity index (χ1v) is 8.14. The van der Waals surface area contributed by atoms with Gasteiger partial charge in [0, 0.05) is 0 Å². The Balaban J connectivity index is 3.05. The number of rotatable bonds is 4. The van der Waals surface area contributed by atoms with Crippen LogP contribution in [-0.4, -0.2) is 0 Å². The van der Waals surface area contributed by atoms with Gasteiger partial charge < -0.3 is 0 Å². The summed E-state index contributed by atoms with van der Waals surface area (Å²) in [5.74, 6) is 0. The fourth-order valence-electron chi connectivity index (χ4n) is 2.00. The highest BCUT2D eigenvalue weighted by Crippen LogP contribution is 2.24. The first-order valence-electron chi connectivity index (χ1n) is 8.14. The van der Waals surface area contributed by atoms with Crippen LogP contribution in [-0.2, 0) is 0 Å². The third-order valence-corrected chi connectivity index (χ3v) is 4.15. The minimum atomic E-state index is 0.215. The van der Waals surface area contributed by atoms with Crippen LogP contribution in [0.4, 0.5) is 0 Å². The molecule has 0 aliphatic heterocycles. The predicted molar refractivity (Wildman–Crippen MR) is 107 cm³/mol. The lowest BCUT2D eigenvalue weighted by Gasteiger charge is -2.18. The van der Waals surface area contributed by atoms with Crippen LogP contribution >= 0.6 is 0 Å². The van der Waals surface area contributed by atoms with Gasteiger partial charge in [0.1, 0.15) is 0 Å². The topological polar surface area (TPSA) is 0 Å². The molecule has 0 aliphatic rings. The average Bonchev–Trinajstić information content (AvgIpc) is 2.47. The normalized spacial score (nSPS) is 14.2. The van der Waals surface area contributed by atoms with Crippen molar-refractivity contribution in [2.75, 3.05) is 0 Å². The fraction of sp³-hybridized carbons (Fsp3) is 0.304. The van der Waals surface area contributed by atoms with Crippen molar-refractivity contribution in [2.45, 2.75) is 41.5 Å². The smallest absolute Gasteiger partial charge is 0.0173 e. The van der Waals surface area contributed by atoms with Gasteiger partial charge in [0.25, 0.3) is 0 Å². The van der Waals surface area contributed by atoms with Crippen molar-refractivity contribution >= 4 is 25.3 Å². The zero-order valence-corrected chi connectivity index (χ0v) is 15.5. The lowest BCUT2D eigenvalue weighted by atomic mass is 9.87. The van der Waals surface area contributed by atoms with E-state index >= 15 is 0 Å². The van der Waals surface area contributed by atoms with Crippen LogP contribution in [0.1, 0.15) is 52.7 Å². The van der Waals surface area contributed by atoms with Gasteiger partial charge in [0.2, 0.25) is 0 Å². The standard InChI is InChI=1S/C23H30/c1-9-10-21-15-16-22(20(5)19(21)4)14-12-17(2)11-13-18(3)23(6,7)8/h9-16H,4-5H2,1-3,6-8H3/b10-9+,14-12+,17-11+,18-13+. The van der Waals surface area contributed by atoms with Gasteiger partial charge in [-0.3, -0.25) is 0 Å². The molecule has 0 fully saturated rings. The van der Waals surface area contributed by atoms with E-state index in [1.807, 2.05) is 13.0 Å². The first kappa shape index (κ1) is 19.0. The molecule has 0 nitrogen and oxygen atoms in total. The Labute approximate surface area is 141 Å². The van der Waals surface area contributed by atoms with Crippen LogP contribution in [0.5, 0.6) is 0 Å². The third-order valence-electron chi connectivity index (χ3n) is 4.15. The Hall–Kier alpha value is -2.08. The molecule has 1 rings (SSSR count). The average molecular weight is 306 g/mol. The van der Waals surface area contributed by atoms with E-state index in [1.165, 1.54) is 11.1 Å². The summed E-state index contributed by atoms with van der Waals surface area (Å²) in [5.41, 5.74) is 5.06. The Bertz CT molecular complexity index is 759. The number of allylic oxidation sites excluding steroid dienone is 6. The molecule has 0 unspecified atom stereocenters. The van der Waals surface area contributed by atoms with Crippen molar-refractivity contribution < 1.29 is 0 Å². The molecule has 1 aromatic carbocycles. The van der Waals surface area contributed by atoms with E-state index < -0.39 is 0 Å². The van der Waals surface area contributed by atoms with Crippen molar-refractivity contribution in [1.82, 2.24) is 0 Å². The molecule has 1 aromatic rings. The maximum Gasteiger partial charge on any atom is -0.0173 e. The molecule has 0 saturated carbocycles. The monoisotopic (exact) mass is 306 g/mol. The van der Waals surface area contributed by atoms with Crippen molar-refractivity contribution in [3.8, 4) is 0 Å². The summed E-state index contributed by atoms with van der Waals surface area (Å²) in [6.07, 6.45) is 12.7. The third kappa shape index (κ3) is 5.56. The van der Waals surface area contributed by atoms with Gasteiger partial charge >= 0.3 is 0 Å². The molecule has 0 aliphatic carbocycles. The quantitative estimate of drug-likeness (QED) is 0.645. The summed E-state index contributed by atoms with van der Waals surface area (Å²) in [5, 5.41) is 1.99. The van der Waals surface area contributed by atoms with E-state index in [1.54, 1.807) is 0 Å². The summed E-state index contributed by atoms with van der Waals surface area (Å²) in [6.45, 7) is 21.3. The fourth-order valence-corrected chi connectivity index (χ4v) is 2.00. The van der Waals surface area contributed by atoms with Crippen molar-refractivity contribution in [2.24, 2.45) is 5.41 Å². The van der Waals surface area contributed by atoms with Gasteiger partial charge in [-0.15, -0.1) is 0 Å². The van der Waals surface area contributed by atoms with Gasteiger partial charge in [0.05, 0.1) is 0 Å². The molecule has 0 bridgehead atoms. The summed E-state index contributed by atoms with van der Waals surface area (Å²) in [4.78, 5) is 0. The van der Waals surface area contributed by atoms with Crippen LogP contribution < -0.4 is 10.4 Å². The van der Waals surface area contributed by atoms with E-state index in [-0.39, 0.29) is 5.41 Å². The minimum Gasteiger partial charge on any atom is -0.0906 e. The number of hydrogen-bond donors (Lipinski definition) is 0. The lowest BCUT2D eigenvalue weighted by molar-refractivity contribution is 0.504. The molecule has 0 aromatic heterocycles. The van der Waals surface area contributed by atoms with Gasteiger partial charge in [-0.25, -0.2) is 0 Å². The maximum absolute atomic E-state index is 4.17. The Morgan fingerprint density at radius 1 is 0.913 bits per heavy atom. The highest BCUT2D eigenvalue weighted by atomic mass is 14.2. The van der Waals surface area contributed by atoms with E-state index in [2.05, 4.69) is 90.3 Å². The molecule has 0 heterocycles. The highest BCUT2D eigenvalue weighted by Gasteiger charge is 2.10. The van der Waals surface area contributed by atoms with Crippen LogP contribution in [0, 0.1) is 5.41 Å². The van der Waals surface area contributed by atoms with Crippen molar-refractivity contribution in [3.05, 3.63) is 69.1 Å². The molecular formula is C23H30. The predicted octanol–water partition coefficient (Wildman–Crippen LogP) is 5.49. The van der Waals surface area contributed by atoms with Crippen LogP contribution in [0.15, 0.2) is 47.6 Å². The summed E-state index contributed by atoms with van der Waals surface area (Å²) >= 11 is 0. The largest absolute Gasteiger partial charge is 0.0906 e. The SMILES string of the molecule is C=c1c(/C=C/C)ccc(/C=C/C(C)=C/C=C(\C)C(C)(C)C)c1=C. The molecule has 0 saturated heterocycles. The van der Waals surface area contributed by atoms with Crippen molar-refractivity contribution in [3.63, 3.8) is 0 Å². The second-order valence-corrected chi connectivity index (χ2v) is 7.04. The number of hydrogen-bond acceptors (Lipinski definition) is 0. The summed E-state index contributed by atoms with van der Waals surface area (Å²) in [7, 11) is 0. The van der Waals surface area contributed by atoms with Gasteiger partial charge in [0.15, 0.2) is 0 Å². The highest BCUT2D eigenvalue weighted by molar-refractivity contribution is 5.59. The molecular weight excluding hydrogens is 276 g/mol. The maximum atomic E-state index is 4.17. The minimum absolute atomic E-state index is 0.215. The van der Waals surface area contributed by atoms with E-state index in [0.29, 0.717) is 0 Å². The Kier molecular flexibility index (Phi) is 6.57. The van der Waals surface area contributed by atoms with Crippen LogP contribution in [0.2, 0.25) is 0 Å². The molecule has 0 spiro atoms. The van der Waals surface area contributed by atoms with E-state index in [4.69, 9.17) is 0 Å². The van der Waals surface area contributed by atoms with E-state index in [0.717, 1.165) is 21.6 Å². The van der Waals surface area contributed by atoms with Gasteiger partial charge in [-0.05, 0) is 47.8 Å². The van der Waals surface area contributed by atoms with Gasteiger partial charge in [-0.1, -0.05) is 93.7 Å². The molecule has 23 heavy (non-hydrogen) atoms. The van der Waals surface area contributed by atoms with Crippen LogP contribution in [0.3, 0.4) is 0 Å². The van der Waals surface area contributed by atoms with Gasteiger partial charge in [-0.2, -0.15) is 0 Å². The lowest BCUT2D eigenvalue weighted by Crippen LogP contribution is -2.26. The molecule has 0 N–H and O–H groups in total. The van der Waals surface area contributed by atoms with E-state index in [9.17, 15) is 0 Å². The molecule has 0 heteroatoms. The Morgan fingerprint density at radius 3 is 1.91 bits per heavy atom. The summed E-state index contributed by atoms with van der Waals surface area (Å²) in [6, 6.07) is 4.20. The summed E-state index contributed by atoms with van der Waals surface area (Å²) < 4.78 is 0. The zero-order valence-electron chi connectivity index (χ0n) is 15.5. The molecule has 122 valence electrons. The second-order valence-electron chi connectivity index (χ2n) is 7.04.